The fourth-order valence-corrected chi connectivity index (χ4v) is 19.7. The van der Waals surface area contributed by atoms with E-state index in [9.17, 15) is 0 Å². The Bertz CT molecular complexity index is 4530. The normalized spacial score (nSPS) is 17.9. The average molecular weight is 1540 g/mol. The van der Waals surface area contributed by atoms with E-state index in [1.807, 2.05) is 97.1 Å². The predicted octanol–water partition coefficient (Wildman–Crippen LogP) is 25.1. The topological polar surface area (TPSA) is 152 Å². The van der Waals surface area contributed by atoms with E-state index in [4.69, 9.17) is 18.9 Å². The van der Waals surface area contributed by atoms with Crippen LogP contribution in [0.1, 0.15) is 316 Å². The molecule has 2 atom stereocenters. The highest BCUT2D eigenvalue weighted by atomic mass is 16.5. The molecule has 0 radical (unpaired) electrons. The fourth-order valence-electron chi connectivity index (χ4n) is 19.7. The van der Waals surface area contributed by atoms with Crippen LogP contribution < -0.4 is 18.9 Å². The van der Waals surface area contributed by atoms with Crippen molar-refractivity contribution < 1.29 is 47.7 Å². The molecule has 6 amide bonds. The van der Waals surface area contributed by atoms with Crippen LogP contribution in [0.5, 0.6) is 46.0 Å². The summed E-state index contributed by atoms with van der Waals surface area (Å²) in [6.45, 7) is 34.1. The summed E-state index contributed by atoms with van der Waals surface area (Å²) in [5.74, 6) is -0.617. The molecule has 114 heavy (non-hydrogen) atoms. The van der Waals surface area contributed by atoms with Crippen LogP contribution in [0.25, 0.3) is 43.1 Å². The molecule has 2 aliphatic heterocycles. The maximum Gasteiger partial charge on any atom is 0.262 e. The number of nitrogens with zero attached hydrogens (tertiary/aromatic N) is 4. The summed E-state index contributed by atoms with van der Waals surface area (Å²) in [6.07, 6.45) is 19.7. The fraction of sp³-hybridized carbons (Fsp3) is 0.500. The summed E-state index contributed by atoms with van der Waals surface area (Å²) < 4.78 is 30.2. The van der Waals surface area contributed by atoms with Crippen LogP contribution in [0, 0.1) is 11.8 Å². The van der Waals surface area contributed by atoms with Gasteiger partial charge in [-0.2, -0.15) is 0 Å². The van der Waals surface area contributed by atoms with E-state index in [1.54, 1.807) is 24.3 Å². The minimum atomic E-state index is -1.17. The number of hydrogen-bond acceptors (Lipinski definition) is 10. The molecule has 0 bridgehead atoms. The number of carbonyl (C=O) groups excluding carboxylic acids is 6. The molecule has 14 heteroatoms. The van der Waals surface area contributed by atoms with Gasteiger partial charge >= 0.3 is 0 Å². The van der Waals surface area contributed by atoms with Crippen molar-refractivity contribution in [1.82, 2.24) is 19.6 Å². The summed E-state index contributed by atoms with van der Waals surface area (Å²) in [6, 6.07) is 36.3. The highest BCUT2D eigenvalue weighted by Crippen LogP contribution is 2.59. The number of ether oxygens (including phenoxy) is 4. The first-order valence-electron chi connectivity index (χ1n) is 43.1. The van der Waals surface area contributed by atoms with Crippen molar-refractivity contribution in [1.29, 1.82) is 0 Å². The summed E-state index contributed by atoms with van der Waals surface area (Å²) in [7, 11) is 0. The summed E-state index contributed by atoms with van der Waals surface area (Å²) in [5.41, 5.74) is 3.89. The van der Waals surface area contributed by atoms with E-state index in [-0.39, 0.29) is 128 Å². The van der Waals surface area contributed by atoms with Crippen molar-refractivity contribution in [2.24, 2.45) is 11.8 Å². The molecule has 4 saturated carbocycles. The third-order valence-corrected chi connectivity index (χ3v) is 25.7. The van der Waals surface area contributed by atoms with Gasteiger partial charge in [0.15, 0.2) is 0 Å². The maximum absolute atomic E-state index is 17.1. The molecule has 0 spiro atoms. The molecule has 15 rings (SSSR count). The second-order valence-electron chi connectivity index (χ2n) is 39.1. The first-order chi connectivity index (χ1) is 54.2. The highest BCUT2D eigenvalue weighted by Gasteiger charge is 2.50. The number of hydrogen-bond donors (Lipinski definition) is 0. The minimum absolute atomic E-state index is 0.0302. The molecule has 2 unspecified atom stereocenters. The molecule has 0 saturated heterocycles. The van der Waals surface area contributed by atoms with Crippen molar-refractivity contribution in [3.05, 3.63) is 166 Å². The zero-order valence-corrected chi connectivity index (χ0v) is 70.6. The van der Waals surface area contributed by atoms with Crippen molar-refractivity contribution in [2.45, 2.75) is 310 Å². The minimum Gasteiger partial charge on any atom is -0.457 e. The van der Waals surface area contributed by atoms with Gasteiger partial charge in [0.2, 0.25) is 11.8 Å². The Morgan fingerprint density at radius 2 is 0.518 bits per heavy atom. The van der Waals surface area contributed by atoms with Gasteiger partial charge in [-0.15, -0.1) is 0 Å². The van der Waals surface area contributed by atoms with E-state index in [0.29, 0.717) is 66.1 Å². The van der Waals surface area contributed by atoms with E-state index in [1.165, 1.54) is 9.80 Å². The Balaban J connectivity index is 1.08. The van der Waals surface area contributed by atoms with Gasteiger partial charge in [-0.25, -0.2) is 0 Å². The standard InChI is InChI=1S/C100H120N4O10/c1-59(2)53-77(95(109)101(65-29-21-17-22-30-65)66-31-23-18-24-32-66)103-91(105)73-55-79(111-69-45-37-61(38-46-69)97(5,6)7)85-87-81(113-71-49-41-63(42-50-71)99(11,12)13)57-75-84-76(94(108)104(93(75)107)78(54-60(3)4)96(110)102(67-33-25-19-26-34-67)68-35-27-20-28-36-68)58-82(114-72-51-43-64(44-52-72)100(14,15)16)88(90(84)87)86-80(56-74(92(103)106)83(73)89(85)86)112-70-47-39-62(40-48-70)98(8,9)10/h37-52,55-60,65-68,77-78H,17-36,53-54H2,1-16H3. The molecular weight excluding hydrogens is 1420 g/mol. The van der Waals surface area contributed by atoms with Gasteiger partial charge in [-0.1, -0.05) is 236 Å². The smallest absolute Gasteiger partial charge is 0.262 e. The van der Waals surface area contributed by atoms with E-state index in [0.717, 1.165) is 151 Å². The first-order valence-corrected chi connectivity index (χ1v) is 43.1. The number of benzene rings is 9. The molecule has 14 nitrogen and oxygen atoms in total. The number of fused-ring (bicyclic) bond motifs is 2. The quantitative estimate of drug-likeness (QED) is 0.0409. The molecule has 6 aliphatic rings. The van der Waals surface area contributed by atoms with Crippen LogP contribution in [-0.2, 0) is 31.2 Å². The summed E-state index contributed by atoms with van der Waals surface area (Å²) in [5, 5.41) is 2.98. The Hall–Kier alpha value is -9.30. The van der Waals surface area contributed by atoms with Crippen molar-refractivity contribution in [3.8, 4) is 46.0 Å². The lowest BCUT2D eigenvalue weighted by atomic mass is 9.80. The second kappa shape index (κ2) is 31.4. The third-order valence-electron chi connectivity index (χ3n) is 25.7. The van der Waals surface area contributed by atoms with Gasteiger partial charge in [-0.3, -0.25) is 38.6 Å². The molecular formula is C100H120N4O10. The lowest BCUT2D eigenvalue weighted by Gasteiger charge is -2.45. The van der Waals surface area contributed by atoms with Gasteiger partial charge in [0.25, 0.3) is 23.6 Å². The Labute approximate surface area is 675 Å². The second-order valence-corrected chi connectivity index (χ2v) is 39.1. The van der Waals surface area contributed by atoms with E-state index in [2.05, 4.69) is 121 Å². The lowest BCUT2D eigenvalue weighted by molar-refractivity contribution is -0.143. The number of carbonyl (C=O) groups is 6. The van der Waals surface area contributed by atoms with Gasteiger partial charge < -0.3 is 28.7 Å². The van der Waals surface area contributed by atoms with Gasteiger partial charge in [0.1, 0.15) is 58.1 Å². The Morgan fingerprint density at radius 3 is 0.702 bits per heavy atom. The highest BCUT2D eigenvalue weighted by molar-refractivity contribution is 6.45. The maximum atomic E-state index is 17.1. The van der Waals surface area contributed by atoms with E-state index < -0.39 is 35.7 Å². The molecule has 600 valence electrons. The average Bonchev–Trinajstić information content (AvgIpc) is 0.670. The van der Waals surface area contributed by atoms with E-state index >= 15 is 28.8 Å². The molecule has 9 aromatic rings. The zero-order chi connectivity index (χ0) is 80.8. The molecule has 9 aromatic carbocycles. The predicted molar refractivity (Wildman–Crippen MR) is 457 cm³/mol. The summed E-state index contributed by atoms with van der Waals surface area (Å²) in [4.78, 5) is 108. The van der Waals surface area contributed by atoms with Crippen LogP contribution in [-0.4, -0.2) is 91.3 Å². The van der Waals surface area contributed by atoms with Gasteiger partial charge in [0.05, 0.1) is 22.3 Å². The van der Waals surface area contributed by atoms with Crippen LogP contribution in [0.3, 0.4) is 0 Å². The molecule has 4 fully saturated rings. The lowest BCUT2D eigenvalue weighted by Crippen LogP contribution is -2.59. The SMILES string of the molecule is CC(C)CC(C(=O)N(C1CCCCC1)C1CCCCC1)N1C(=O)c2cc(Oc3ccc(C(C)(C)C)cc3)c3c4c(Oc5ccc(C(C)(C)C)cc5)cc5c6c(cc(Oc7ccc(C(C)(C)C)cc7)c(c7c(Oc8ccc(C(C)(C)C)cc8)cc(c2c37)C1=O)c64)C(=O)N(C(CC(C)C)C(=O)N(C1CCCCC1)C1CCCCC1)C5=O. The number of imide groups is 2. The largest absolute Gasteiger partial charge is 0.457 e. The summed E-state index contributed by atoms with van der Waals surface area (Å²) >= 11 is 0. The van der Waals surface area contributed by atoms with Crippen LogP contribution in [0.15, 0.2) is 121 Å². The zero-order valence-electron chi connectivity index (χ0n) is 70.6. The van der Waals surface area contributed by atoms with Crippen LogP contribution in [0.2, 0.25) is 0 Å². The third kappa shape index (κ3) is 15.4. The Morgan fingerprint density at radius 1 is 0.316 bits per heavy atom. The van der Waals surface area contributed by atoms with Crippen molar-refractivity contribution in [2.75, 3.05) is 0 Å². The number of rotatable bonds is 20. The van der Waals surface area contributed by atoms with Crippen molar-refractivity contribution in [3.63, 3.8) is 0 Å². The Kier molecular flexibility index (Phi) is 22.0. The van der Waals surface area contributed by atoms with Crippen LogP contribution >= 0.6 is 0 Å². The van der Waals surface area contributed by atoms with Crippen molar-refractivity contribution >= 4 is 78.5 Å². The molecule has 0 N–H and O–H groups in total. The molecule has 2 heterocycles. The number of amides is 6. The monoisotopic (exact) mass is 1540 g/mol. The van der Waals surface area contributed by atoms with Gasteiger partial charge in [0, 0.05) is 67.3 Å². The van der Waals surface area contributed by atoms with Gasteiger partial charge in [-0.05, 0) is 193 Å². The van der Waals surface area contributed by atoms with Crippen LogP contribution in [0.4, 0.5) is 0 Å². The first kappa shape index (κ1) is 79.9. The molecule has 4 aliphatic carbocycles. The molecule has 0 aromatic heterocycles.